The van der Waals surface area contributed by atoms with Gasteiger partial charge in [0, 0.05) is 32.1 Å². The molecular formula is C21H23N3O4S. The molecule has 2 aliphatic heterocycles. The summed E-state index contributed by atoms with van der Waals surface area (Å²) >= 11 is 1.44. The molecule has 1 saturated carbocycles. The van der Waals surface area contributed by atoms with E-state index in [1.807, 2.05) is 41.8 Å². The number of benzene rings is 1. The van der Waals surface area contributed by atoms with Crippen molar-refractivity contribution in [2.45, 2.75) is 26.2 Å². The minimum Gasteiger partial charge on any atom is -0.454 e. The Kier molecular flexibility index (Phi) is 4.46. The van der Waals surface area contributed by atoms with Crippen LogP contribution in [0.5, 0.6) is 11.5 Å². The fraction of sp³-hybridized carbons (Fsp3) is 0.476. The number of hydrogen-bond donors (Lipinski definition) is 0. The molecule has 0 bridgehead atoms. The van der Waals surface area contributed by atoms with Crippen LogP contribution in [0.25, 0.3) is 0 Å². The standard InChI is InChI=1S/C21H23N3O4S/c1-12-19(29-13(2)22-12)21(26)24-7-5-23(6-8-24)20(25)16-10-15(16)14-3-4-17-18(9-14)28-11-27-17/h3-4,9,15-16H,5-8,10-11H2,1-2H3. The molecule has 0 radical (unpaired) electrons. The molecule has 2 amide bonds. The summed E-state index contributed by atoms with van der Waals surface area (Å²) in [6.45, 7) is 6.37. The van der Waals surface area contributed by atoms with Crippen LogP contribution >= 0.6 is 11.3 Å². The number of carbonyl (C=O) groups is 2. The molecule has 1 aliphatic carbocycles. The Morgan fingerprint density at radius 3 is 2.52 bits per heavy atom. The number of ether oxygens (including phenoxy) is 2. The highest BCUT2D eigenvalue weighted by Gasteiger charge is 2.46. The summed E-state index contributed by atoms with van der Waals surface area (Å²) in [6.07, 6.45) is 0.872. The van der Waals surface area contributed by atoms with Gasteiger partial charge in [-0.3, -0.25) is 9.59 Å². The third kappa shape index (κ3) is 3.35. The maximum Gasteiger partial charge on any atom is 0.265 e. The number of amides is 2. The largest absolute Gasteiger partial charge is 0.454 e. The first-order valence-electron chi connectivity index (χ1n) is 9.93. The van der Waals surface area contributed by atoms with Crippen molar-refractivity contribution in [2.75, 3.05) is 33.0 Å². The van der Waals surface area contributed by atoms with Gasteiger partial charge in [-0.1, -0.05) is 6.07 Å². The van der Waals surface area contributed by atoms with Crippen LogP contribution in [0.1, 0.15) is 38.3 Å². The minimum atomic E-state index is 0.0315. The van der Waals surface area contributed by atoms with Gasteiger partial charge >= 0.3 is 0 Å². The lowest BCUT2D eigenvalue weighted by molar-refractivity contribution is -0.134. The van der Waals surface area contributed by atoms with Crippen LogP contribution in [0.4, 0.5) is 0 Å². The quantitative estimate of drug-likeness (QED) is 0.773. The van der Waals surface area contributed by atoms with Gasteiger partial charge in [-0.25, -0.2) is 4.98 Å². The Morgan fingerprint density at radius 2 is 1.79 bits per heavy atom. The van der Waals surface area contributed by atoms with Crippen molar-refractivity contribution in [1.29, 1.82) is 0 Å². The lowest BCUT2D eigenvalue weighted by Gasteiger charge is -2.34. The Morgan fingerprint density at radius 1 is 1.07 bits per heavy atom. The molecule has 1 saturated heterocycles. The summed E-state index contributed by atoms with van der Waals surface area (Å²) in [4.78, 5) is 34.5. The number of nitrogens with zero attached hydrogens (tertiary/aromatic N) is 3. The number of aryl methyl sites for hydroxylation is 2. The second kappa shape index (κ2) is 7.02. The van der Waals surface area contributed by atoms with E-state index < -0.39 is 0 Å². The molecule has 7 nitrogen and oxygen atoms in total. The highest BCUT2D eigenvalue weighted by atomic mass is 32.1. The Balaban J connectivity index is 1.18. The average molecular weight is 413 g/mol. The second-order valence-corrected chi connectivity index (χ2v) is 9.03. The number of fused-ring (bicyclic) bond motifs is 1. The van der Waals surface area contributed by atoms with E-state index in [4.69, 9.17) is 9.47 Å². The van der Waals surface area contributed by atoms with Gasteiger partial charge in [-0.15, -0.1) is 11.3 Å². The molecule has 8 heteroatoms. The molecule has 1 aromatic carbocycles. The average Bonchev–Trinajstić information content (AvgIpc) is 3.26. The van der Waals surface area contributed by atoms with Crippen LogP contribution in [0.3, 0.4) is 0 Å². The van der Waals surface area contributed by atoms with Gasteiger partial charge in [0.15, 0.2) is 11.5 Å². The topological polar surface area (TPSA) is 72.0 Å². The molecule has 2 aromatic rings. The third-order valence-corrected chi connectivity index (χ3v) is 6.97. The minimum absolute atomic E-state index is 0.0315. The van der Waals surface area contributed by atoms with E-state index in [2.05, 4.69) is 4.98 Å². The van der Waals surface area contributed by atoms with E-state index in [0.29, 0.717) is 31.1 Å². The molecule has 2 unspecified atom stereocenters. The number of carbonyl (C=O) groups excluding carboxylic acids is 2. The first kappa shape index (κ1) is 18.4. The van der Waals surface area contributed by atoms with Crippen LogP contribution < -0.4 is 9.47 Å². The lowest BCUT2D eigenvalue weighted by Crippen LogP contribution is -2.51. The number of hydrogen-bond acceptors (Lipinski definition) is 6. The van der Waals surface area contributed by atoms with E-state index in [0.717, 1.165) is 34.2 Å². The van der Waals surface area contributed by atoms with E-state index in [9.17, 15) is 9.59 Å². The van der Waals surface area contributed by atoms with Crippen molar-refractivity contribution in [3.8, 4) is 11.5 Å². The van der Waals surface area contributed by atoms with Crippen molar-refractivity contribution < 1.29 is 19.1 Å². The summed E-state index contributed by atoms with van der Waals surface area (Å²) in [5.74, 6) is 2.05. The van der Waals surface area contributed by atoms with Crippen molar-refractivity contribution in [3.63, 3.8) is 0 Å². The fourth-order valence-electron chi connectivity index (χ4n) is 4.22. The molecule has 152 valence electrons. The zero-order chi connectivity index (χ0) is 20.1. The molecule has 1 aromatic heterocycles. The molecule has 3 aliphatic rings. The SMILES string of the molecule is Cc1nc(C)c(C(=O)N2CCN(C(=O)C3CC3c3ccc4c(c3)OCO4)CC2)s1. The highest BCUT2D eigenvalue weighted by Crippen LogP contribution is 2.50. The predicted octanol–water partition coefficient (Wildman–Crippen LogP) is 2.58. The summed E-state index contributed by atoms with van der Waals surface area (Å²) in [5, 5.41) is 0.906. The van der Waals surface area contributed by atoms with Gasteiger partial charge in [0.2, 0.25) is 12.7 Å². The number of rotatable bonds is 3. The fourth-order valence-corrected chi connectivity index (χ4v) is 5.11. The van der Waals surface area contributed by atoms with E-state index >= 15 is 0 Å². The van der Waals surface area contributed by atoms with Crippen molar-refractivity contribution in [3.05, 3.63) is 39.3 Å². The molecule has 0 N–H and O–H groups in total. The summed E-state index contributed by atoms with van der Waals surface area (Å²) in [5.41, 5.74) is 1.93. The Hall–Kier alpha value is -2.61. The molecule has 0 spiro atoms. The molecule has 3 heterocycles. The van der Waals surface area contributed by atoms with E-state index in [1.54, 1.807) is 0 Å². The predicted molar refractivity (Wildman–Crippen MR) is 107 cm³/mol. The first-order chi connectivity index (χ1) is 14.0. The van der Waals surface area contributed by atoms with Crippen molar-refractivity contribution in [1.82, 2.24) is 14.8 Å². The van der Waals surface area contributed by atoms with Crippen LogP contribution in [0.2, 0.25) is 0 Å². The van der Waals surface area contributed by atoms with Gasteiger partial charge in [0.05, 0.1) is 10.7 Å². The van der Waals surface area contributed by atoms with Gasteiger partial charge < -0.3 is 19.3 Å². The lowest BCUT2D eigenvalue weighted by atomic mass is 10.1. The van der Waals surface area contributed by atoms with Gasteiger partial charge in [-0.05, 0) is 43.9 Å². The highest BCUT2D eigenvalue weighted by molar-refractivity contribution is 7.13. The second-order valence-electron chi connectivity index (χ2n) is 7.83. The Bertz CT molecular complexity index is 980. The van der Waals surface area contributed by atoms with E-state index in [-0.39, 0.29) is 30.4 Å². The monoisotopic (exact) mass is 413 g/mol. The number of piperazine rings is 1. The van der Waals surface area contributed by atoms with Crippen molar-refractivity contribution in [2.24, 2.45) is 5.92 Å². The number of thiazole rings is 1. The third-order valence-electron chi connectivity index (χ3n) is 5.91. The molecular weight excluding hydrogens is 390 g/mol. The van der Waals surface area contributed by atoms with E-state index in [1.165, 1.54) is 11.3 Å². The summed E-state index contributed by atoms with van der Waals surface area (Å²) < 4.78 is 10.8. The molecule has 2 fully saturated rings. The summed E-state index contributed by atoms with van der Waals surface area (Å²) in [6, 6.07) is 5.95. The van der Waals surface area contributed by atoms with Gasteiger partial charge in [0.25, 0.3) is 5.91 Å². The molecule has 2 atom stereocenters. The maximum absolute atomic E-state index is 12.9. The van der Waals surface area contributed by atoms with Gasteiger partial charge in [0.1, 0.15) is 4.88 Å². The van der Waals surface area contributed by atoms with Crippen LogP contribution in [0.15, 0.2) is 18.2 Å². The van der Waals surface area contributed by atoms with Gasteiger partial charge in [-0.2, -0.15) is 0 Å². The first-order valence-corrected chi connectivity index (χ1v) is 10.7. The molecule has 29 heavy (non-hydrogen) atoms. The maximum atomic E-state index is 12.9. The van der Waals surface area contributed by atoms with Crippen LogP contribution in [0, 0.1) is 19.8 Å². The number of aromatic nitrogens is 1. The normalized spacial score (nSPS) is 22.7. The summed E-state index contributed by atoms with van der Waals surface area (Å²) in [7, 11) is 0. The van der Waals surface area contributed by atoms with Crippen LogP contribution in [-0.2, 0) is 4.79 Å². The molecule has 5 rings (SSSR count). The Labute approximate surface area is 173 Å². The smallest absolute Gasteiger partial charge is 0.265 e. The zero-order valence-corrected chi connectivity index (χ0v) is 17.3. The van der Waals surface area contributed by atoms with Crippen LogP contribution in [-0.4, -0.2) is 59.6 Å². The zero-order valence-electron chi connectivity index (χ0n) is 16.5. The van der Waals surface area contributed by atoms with Crippen molar-refractivity contribution >= 4 is 23.2 Å².